The van der Waals surface area contributed by atoms with Crippen molar-refractivity contribution in [2.75, 3.05) is 13.1 Å². The highest BCUT2D eigenvalue weighted by atomic mass is 35.5. The van der Waals surface area contributed by atoms with E-state index in [9.17, 15) is 14.4 Å². The third-order valence-corrected chi connectivity index (χ3v) is 4.18. The van der Waals surface area contributed by atoms with Crippen LogP contribution in [0.1, 0.15) is 36.8 Å². The van der Waals surface area contributed by atoms with Crippen LogP contribution in [0.2, 0.25) is 5.02 Å². The molecule has 1 aliphatic heterocycles. The Kier molecular flexibility index (Phi) is 8.01. The van der Waals surface area contributed by atoms with Gasteiger partial charge in [0.25, 0.3) is 0 Å². The van der Waals surface area contributed by atoms with E-state index in [1.165, 1.54) is 11.1 Å². The second-order valence-corrected chi connectivity index (χ2v) is 6.61. The first-order chi connectivity index (χ1) is 12.0. The Morgan fingerprint density at radius 3 is 2.27 bits per heavy atom. The number of hydrogen-bond acceptors (Lipinski definition) is 5. The zero-order valence-corrected chi connectivity index (χ0v) is 15.0. The highest BCUT2D eigenvalue weighted by Gasteiger charge is 2.40. The maximum absolute atomic E-state index is 10.3. The summed E-state index contributed by atoms with van der Waals surface area (Å²) in [7, 11) is 0. The van der Waals surface area contributed by atoms with Crippen LogP contribution in [-0.4, -0.2) is 57.0 Å². The maximum atomic E-state index is 10.3. The van der Waals surface area contributed by atoms with Gasteiger partial charge in [-0.3, -0.25) is 9.59 Å². The molecule has 1 aliphatic rings. The lowest BCUT2D eigenvalue weighted by Gasteiger charge is -2.18. The van der Waals surface area contributed by atoms with Crippen molar-refractivity contribution in [1.82, 2.24) is 5.32 Å². The number of benzene rings is 1. The third kappa shape index (κ3) is 6.62. The van der Waals surface area contributed by atoms with Gasteiger partial charge in [-0.25, -0.2) is 4.79 Å². The Labute approximate surface area is 155 Å². The molecule has 5 N–H and O–H groups in total. The van der Waals surface area contributed by atoms with Crippen LogP contribution in [0.5, 0.6) is 0 Å². The summed E-state index contributed by atoms with van der Waals surface area (Å²) >= 11 is 5.97. The smallest absolute Gasteiger partial charge is 0.336 e. The first-order valence-corrected chi connectivity index (χ1v) is 8.31. The fourth-order valence-electron chi connectivity index (χ4n) is 2.62. The minimum absolute atomic E-state index is 0.580. The van der Waals surface area contributed by atoms with Gasteiger partial charge in [0.05, 0.1) is 12.8 Å². The first kappa shape index (κ1) is 21.9. The number of carboxylic acid groups (broad SMARTS) is 3. The SMILES string of the molecule is C[C@H]1CNCCc2ccc(Cl)cc21.O=C(O)CC(O)(CC(=O)O)C(=O)O. The van der Waals surface area contributed by atoms with Crippen LogP contribution in [0, 0.1) is 0 Å². The van der Waals surface area contributed by atoms with Crippen LogP contribution >= 0.6 is 11.6 Å². The van der Waals surface area contributed by atoms with Crippen molar-refractivity contribution in [2.45, 2.75) is 37.7 Å². The van der Waals surface area contributed by atoms with Gasteiger partial charge < -0.3 is 25.7 Å². The van der Waals surface area contributed by atoms with Crippen molar-refractivity contribution in [3.63, 3.8) is 0 Å². The summed E-state index contributed by atoms with van der Waals surface area (Å²) in [5.74, 6) is -4.44. The summed E-state index contributed by atoms with van der Waals surface area (Å²) in [5.41, 5.74) is 0.122. The molecule has 0 unspecified atom stereocenters. The molecule has 0 spiro atoms. The number of halogens is 1. The molecule has 9 heteroatoms. The van der Waals surface area contributed by atoms with Crippen LogP contribution in [-0.2, 0) is 20.8 Å². The molecule has 0 saturated heterocycles. The van der Waals surface area contributed by atoms with Gasteiger partial charge in [0, 0.05) is 11.6 Å². The van der Waals surface area contributed by atoms with Crippen LogP contribution in [0.4, 0.5) is 0 Å². The molecule has 144 valence electrons. The topological polar surface area (TPSA) is 144 Å². The fraction of sp³-hybridized carbons (Fsp3) is 0.471. The lowest BCUT2D eigenvalue weighted by atomic mass is 9.96. The molecule has 2 rings (SSSR count). The van der Waals surface area contributed by atoms with Crippen LogP contribution in [0.25, 0.3) is 0 Å². The zero-order valence-electron chi connectivity index (χ0n) is 14.2. The van der Waals surface area contributed by atoms with E-state index in [0.717, 1.165) is 24.5 Å². The number of fused-ring (bicyclic) bond motifs is 1. The van der Waals surface area contributed by atoms with Crippen molar-refractivity contribution in [2.24, 2.45) is 0 Å². The molecule has 0 fully saturated rings. The molecular weight excluding hydrogens is 366 g/mol. The highest BCUT2D eigenvalue weighted by Crippen LogP contribution is 2.25. The summed E-state index contributed by atoms with van der Waals surface area (Å²) < 4.78 is 0. The van der Waals surface area contributed by atoms with E-state index in [4.69, 9.17) is 32.0 Å². The van der Waals surface area contributed by atoms with Crippen molar-refractivity contribution in [3.05, 3.63) is 34.3 Å². The van der Waals surface area contributed by atoms with E-state index in [1.807, 2.05) is 6.07 Å². The molecule has 26 heavy (non-hydrogen) atoms. The normalized spacial score (nSPS) is 16.5. The number of carboxylic acids is 3. The summed E-state index contributed by atoms with van der Waals surface area (Å²) in [6, 6.07) is 6.24. The van der Waals surface area contributed by atoms with Gasteiger partial charge in [-0.1, -0.05) is 24.6 Å². The van der Waals surface area contributed by atoms with E-state index >= 15 is 0 Å². The molecule has 8 nitrogen and oxygen atoms in total. The number of carbonyl (C=O) groups is 3. The third-order valence-electron chi connectivity index (χ3n) is 3.95. The first-order valence-electron chi connectivity index (χ1n) is 7.93. The number of aliphatic hydroxyl groups is 1. The molecule has 0 amide bonds. The quantitative estimate of drug-likeness (QED) is 0.509. The van der Waals surface area contributed by atoms with Gasteiger partial charge in [0.1, 0.15) is 0 Å². The molecule has 0 radical (unpaired) electrons. The fourth-order valence-corrected chi connectivity index (χ4v) is 2.80. The molecule has 1 aromatic rings. The summed E-state index contributed by atoms with van der Waals surface area (Å²) in [5, 5.41) is 38.1. The predicted octanol–water partition coefficient (Wildman–Crippen LogP) is 1.34. The lowest BCUT2D eigenvalue weighted by molar-refractivity contribution is -0.170. The Bertz CT molecular complexity index is 661. The van der Waals surface area contributed by atoms with Crippen molar-refractivity contribution in [1.29, 1.82) is 0 Å². The molecule has 0 aromatic heterocycles. The van der Waals surface area contributed by atoms with E-state index in [2.05, 4.69) is 24.4 Å². The molecule has 1 atom stereocenters. The summed E-state index contributed by atoms with van der Waals surface area (Å²) in [6.45, 7) is 4.39. The number of nitrogens with one attached hydrogen (secondary N) is 1. The van der Waals surface area contributed by atoms with E-state index in [1.54, 1.807) is 0 Å². The van der Waals surface area contributed by atoms with Gasteiger partial charge in [0.2, 0.25) is 0 Å². The standard InChI is InChI=1S/C11H14ClN.C6H8O7/c1-8-7-13-5-4-9-2-3-10(12)6-11(8)9;7-3(8)1-6(13,5(11)12)2-4(9)10/h2-3,6,8,13H,4-5,7H2,1H3;13H,1-2H2,(H,7,8)(H,9,10)(H,11,12)/t8-;/m0./s1. The number of aliphatic carboxylic acids is 3. The minimum Gasteiger partial charge on any atom is -0.481 e. The van der Waals surface area contributed by atoms with Crippen LogP contribution < -0.4 is 5.32 Å². The number of rotatable bonds is 5. The maximum Gasteiger partial charge on any atom is 0.336 e. The Balaban J connectivity index is 0.000000260. The Morgan fingerprint density at radius 2 is 1.77 bits per heavy atom. The van der Waals surface area contributed by atoms with E-state index in [-0.39, 0.29) is 0 Å². The van der Waals surface area contributed by atoms with E-state index in [0.29, 0.717) is 5.92 Å². The molecule has 0 bridgehead atoms. The molecule has 0 saturated carbocycles. The van der Waals surface area contributed by atoms with Gasteiger partial charge in [0.15, 0.2) is 5.60 Å². The lowest BCUT2D eigenvalue weighted by Crippen LogP contribution is -2.42. The highest BCUT2D eigenvalue weighted by molar-refractivity contribution is 6.30. The van der Waals surface area contributed by atoms with E-state index < -0.39 is 36.4 Å². The minimum atomic E-state index is -2.74. The molecular formula is C17H22ClNO7. The van der Waals surface area contributed by atoms with Crippen molar-refractivity contribution in [3.8, 4) is 0 Å². The second-order valence-electron chi connectivity index (χ2n) is 6.18. The Morgan fingerprint density at radius 1 is 1.19 bits per heavy atom. The van der Waals surface area contributed by atoms with Crippen molar-refractivity contribution < 1.29 is 34.8 Å². The predicted molar refractivity (Wildman–Crippen MR) is 93.5 cm³/mol. The van der Waals surface area contributed by atoms with Crippen LogP contribution in [0.3, 0.4) is 0 Å². The largest absolute Gasteiger partial charge is 0.481 e. The zero-order chi connectivity index (χ0) is 19.9. The van der Waals surface area contributed by atoms with Crippen molar-refractivity contribution >= 4 is 29.5 Å². The summed E-state index contributed by atoms with van der Waals surface area (Å²) in [4.78, 5) is 30.5. The second kappa shape index (κ2) is 9.51. The summed E-state index contributed by atoms with van der Waals surface area (Å²) in [6.07, 6.45) is -1.17. The molecule has 1 aromatic carbocycles. The Hall–Kier alpha value is -2.16. The average Bonchev–Trinajstić information content (AvgIpc) is 2.68. The van der Waals surface area contributed by atoms with Gasteiger partial charge in [-0.05, 0) is 42.1 Å². The molecule has 0 aliphatic carbocycles. The van der Waals surface area contributed by atoms with Gasteiger partial charge >= 0.3 is 17.9 Å². The van der Waals surface area contributed by atoms with Gasteiger partial charge in [-0.2, -0.15) is 0 Å². The molecule has 1 heterocycles. The van der Waals surface area contributed by atoms with Crippen LogP contribution in [0.15, 0.2) is 18.2 Å². The average molecular weight is 388 g/mol. The monoisotopic (exact) mass is 387 g/mol. The van der Waals surface area contributed by atoms with Gasteiger partial charge in [-0.15, -0.1) is 0 Å². The number of hydrogen-bond donors (Lipinski definition) is 5.